The van der Waals surface area contributed by atoms with Gasteiger partial charge in [0.05, 0.1) is 11.8 Å². The Morgan fingerprint density at radius 3 is 2.67 bits per heavy atom. The highest BCUT2D eigenvalue weighted by Gasteiger charge is 2.30. The maximum atomic E-state index is 12.6. The fourth-order valence-electron chi connectivity index (χ4n) is 4.51. The highest BCUT2D eigenvalue weighted by molar-refractivity contribution is 5.86. The number of nitrogens with one attached hydrogen (secondary N) is 2. The molecule has 7 nitrogen and oxygen atoms in total. The fourth-order valence-corrected chi connectivity index (χ4v) is 4.51. The summed E-state index contributed by atoms with van der Waals surface area (Å²) in [7, 11) is 0. The van der Waals surface area contributed by atoms with Crippen LogP contribution < -0.4 is 11.2 Å². The van der Waals surface area contributed by atoms with Crippen LogP contribution in [0.5, 0.6) is 0 Å². The fraction of sp³-hybridized carbons (Fsp3) is 0.391. The number of hydrogen-bond acceptors (Lipinski definition) is 5. The van der Waals surface area contributed by atoms with Crippen LogP contribution in [0.1, 0.15) is 49.8 Å². The number of amides is 1. The lowest BCUT2D eigenvalue weighted by atomic mass is 9.77. The number of carbonyl (C=O) groups excluding carboxylic acids is 1. The van der Waals surface area contributed by atoms with Crippen LogP contribution in [0.15, 0.2) is 53.2 Å². The van der Waals surface area contributed by atoms with Crippen molar-refractivity contribution in [3.8, 4) is 0 Å². The third-order valence-corrected chi connectivity index (χ3v) is 6.29. The SMILES string of the molecule is C/C(=C1/c2cc[nH]c2N=CN1N)[C@H]1CC[C@H](C(=O)NC[C@@H](O)c2ccccc2)CC1. The summed E-state index contributed by atoms with van der Waals surface area (Å²) < 4.78 is 0. The second-order valence-electron chi connectivity index (χ2n) is 8.14. The molecular weight excluding hydrogens is 378 g/mol. The number of hydrazine groups is 1. The summed E-state index contributed by atoms with van der Waals surface area (Å²) in [4.78, 5) is 20.1. The van der Waals surface area contributed by atoms with Crippen molar-refractivity contribution in [3.05, 3.63) is 59.3 Å². The van der Waals surface area contributed by atoms with E-state index in [1.165, 1.54) is 5.57 Å². The molecule has 0 radical (unpaired) electrons. The van der Waals surface area contributed by atoms with Gasteiger partial charge in [0.2, 0.25) is 5.91 Å². The van der Waals surface area contributed by atoms with Gasteiger partial charge in [-0.2, -0.15) is 0 Å². The van der Waals surface area contributed by atoms with Gasteiger partial charge >= 0.3 is 0 Å². The molecule has 1 aromatic carbocycles. The van der Waals surface area contributed by atoms with Crippen molar-refractivity contribution >= 4 is 23.8 Å². The largest absolute Gasteiger partial charge is 0.387 e. The van der Waals surface area contributed by atoms with Gasteiger partial charge in [-0.25, -0.2) is 10.8 Å². The molecule has 1 aliphatic carbocycles. The first-order valence-electron chi connectivity index (χ1n) is 10.5. The number of hydrogen-bond donors (Lipinski definition) is 4. The molecule has 2 aliphatic rings. The zero-order valence-corrected chi connectivity index (χ0v) is 17.2. The Balaban J connectivity index is 1.34. The Kier molecular flexibility index (Phi) is 6.01. The molecule has 0 bridgehead atoms. The lowest BCUT2D eigenvalue weighted by Gasteiger charge is -2.32. The minimum absolute atomic E-state index is 0.00765. The number of allylic oxidation sites excluding steroid dienone is 1. The first kappa shape index (κ1) is 20.4. The summed E-state index contributed by atoms with van der Waals surface area (Å²) in [6, 6.07) is 11.4. The number of aliphatic hydroxyl groups excluding tert-OH is 1. The number of aromatic nitrogens is 1. The molecule has 30 heavy (non-hydrogen) atoms. The number of H-pyrrole nitrogens is 1. The summed E-state index contributed by atoms with van der Waals surface area (Å²) in [6.45, 7) is 2.37. The van der Waals surface area contributed by atoms with Gasteiger partial charge in [0.1, 0.15) is 12.2 Å². The van der Waals surface area contributed by atoms with E-state index in [4.69, 9.17) is 5.84 Å². The van der Waals surface area contributed by atoms with E-state index in [-0.39, 0.29) is 18.4 Å². The summed E-state index contributed by atoms with van der Waals surface area (Å²) in [5, 5.41) is 14.8. The van der Waals surface area contributed by atoms with E-state index in [0.717, 1.165) is 48.3 Å². The zero-order valence-electron chi connectivity index (χ0n) is 17.2. The van der Waals surface area contributed by atoms with Gasteiger partial charge in [-0.05, 0) is 55.7 Å². The maximum absolute atomic E-state index is 12.6. The standard InChI is InChI=1S/C23H29N5O2/c1-15(21-19-11-12-25-22(19)27-14-28(21)24)16-7-9-18(10-8-16)23(30)26-13-20(29)17-5-3-2-4-6-17/h2-6,11-12,14,16,18,20,25,29H,7-10,13,24H2,1H3,(H,26,30)/b21-15+/t16-,18-,20-/m1/s1. The van der Waals surface area contributed by atoms with Gasteiger partial charge in [0, 0.05) is 24.2 Å². The Hall–Kier alpha value is -2.90. The summed E-state index contributed by atoms with van der Waals surface area (Å²) in [5.74, 6) is 7.42. The lowest BCUT2D eigenvalue weighted by molar-refractivity contribution is -0.126. The van der Waals surface area contributed by atoms with E-state index in [1.807, 2.05) is 42.6 Å². The Bertz CT molecular complexity index is 942. The first-order chi connectivity index (χ1) is 14.5. The second kappa shape index (κ2) is 8.85. The predicted molar refractivity (Wildman–Crippen MR) is 117 cm³/mol. The Labute approximate surface area is 176 Å². The Morgan fingerprint density at radius 2 is 1.93 bits per heavy atom. The van der Waals surface area contributed by atoms with Crippen molar-refractivity contribution in [1.82, 2.24) is 15.3 Å². The van der Waals surface area contributed by atoms with Crippen molar-refractivity contribution in [2.45, 2.75) is 38.7 Å². The van der Waals surface area contributed by atoms with Gasteiger partial charge in [0.25, 0.3) is 0 Å². The number of fused-ring (bicyclic) bond motifs is 1. The number of aliphatic imine (C=N–C) groups is 1. The predicted octanol–water partition coefficient (Wildman–Crippen LogP) is 3.25. The first-order valence-corrected chi connectivity index (χ1v) is 10.5. The van der Waals surface area contributed by atoms with Gasteiger partial charge in [-0.15, -0.1) is 0 Å². The third kappa shape index (κ3) is 4.17. The van der Waals surface area contributed by atoms with E-state index >= 15 is 0 Å². The number of aliphatic hydroxyl groups is 1. The monoisotopic (exact) mass is 407 g/mol. The normalized spacial score (nSPS) is 23.6. The van der Waals surface area contributed by atoms with Crippen molar-refractivity contribution < 1.29 is 9.90 Å². The average Bonchev–Trinajstić information content (AvgIpc) is 3.26. The molecule has 5 N–H and O–H groups in total. The topological polar surface area (TPSA) is 107 Å². The smallest absolute Gasteiger partial charge is 0.223 e. The van der Waals surface area contributed by atoms with Crippen LogP contribution in [0.4, 0.5) is 5.82 Å². The molecule has 2 heterocycles. The van der Waals surface area contributed by atoms with Gasteiger partial charge in [0.15, 0.2) is 0 Å². The average molecular weight is 408 g/mol. The second-order valence-corrected chi connectivity index (χ2v) is 8.14. The highest BCUT2D eigenvalue weighted by atomic mass is 16.3. The summed E-state index contributed by atoms with van der Waals surface area (Å²) in [5.41, 5.74) is 4.07. The number of aromatic amines is 1. The maximum Gasteiger partial charge on any atom is 0.223 e. The molecule has 0 unspecified atom stereocenters. The van der Waals surface area contributed by atoms with Gasteiger partial charge in [-0.3, -0.25) is 9.80 Å². The van der Waals surface area contributed by atoms with Gasteiger partial charge < -0.3 is 15.4 Å². The van der Waals surface area contributed by atoms with Crippen LogP contribution in [0.2, 0.25) is 0 Å². The van der Waals surface area contributed by atoms with E-state index < -0.39 is 6.10 Å². The molecule has 1 aliphatic heterocycles. The summed E-state index contributed by atoms with van der Waals surface area (Å²) >= 11 is 0. The van der Waals surface area contributed by atoms with E-state index in [1.54, 1.807) is 11.3 Å². The molecule has 4 rings (SSSR count). The molecule has 1 aromatic heterocycles. The molecule has 158 valence electrons. The van der Waals surface area contributed by atoms with Crippen molar-refractivity contribution in [1.29, 1.82) is 0 Å². The van der Waals surface area contributed by atoms with Crippen LogP contribution in [0.25, 0.3) is 5.70 Å². The summed E-state index contributed by atoms with van der Waals surface area (Å²) in [6.07, 6.45) is 6.38. The van der Waals surface area contributed by atoms with Crippen LogP contribution in [-0.4, -0.2) is 33.9 Å². The van der Waals surface area contributed by atoms with Gasteiger partial charge in [-0.1, -0.05) is 30.3 Å². The van der Waals surface area contributed by atoms with Crippen LogP contribution >= 0.6 is 0 Å². The minimum Gasteiger partial charge on any atom is -0.387 e. The zero-order chi connectivity index (χ0) is 21.1. The molecular formula is C23H29N5O2. The molecule has 1 atom stereocenters. The molecule has 1 amide bonds. The third-order valence-electron chi connectivity index (χ3n) is 6.29. The highest BCUT2D eigenvalue weighted by Crippen LogP contribution is 2.39. The molecule has 1 fully saturated rings. The Morgan fingerprint density at radius 1 is 1.23 bits per heavy atom. The van der Waals surface area contributed by atoms with E-state index in [0.29, 0.717) is 5.92 Å². The number of rotatable bonds is 5. The van der Waals surface area contributed by atoms with Crippen molar-refractivity contribution in [2.75, 3.05) is 6.54 Å². The van der Waals surface area contributed by atoms with Crippen molar-refractivity contribution in [3.63, 3.8) is 0 Å². The van der Waals surface area contributed by atoms with E-state index in [9.17, 15) is 9.90 Å². The molecule has 2 aromatic rings. The number of nitrogens with zero attached hydrogens (tertiary/aromatic N) is 2. The molecule has 7 heteroatoms. The minimum atomic E-state index is -0.683. The molecule has 1 saturated carbocycles. The van der Waals surface area contributed by atoms with Crippen molar-refractivity contribution in [2.24, 2.45) is 22.7 Å². The molecule has 0 spiro atoms. The van der Waals surface area contributed by atoms with Crippen LogP contribution in [0, 0.1) is 11.8 Å². The quantitative estimate of drug-likeness (QED) is 0.571. The number of carbonyl (C=O) groups is 1. The van der Waals surface area contributed by atoms with E-state index in [2.05, 4.69) is 22.2 Å². The molecule has 0 saturated heterocycles. The number of nitrogens with two attached hydrogens (primary N) is 1. The number of benzene rings is 1. The lowest BCUT2D eigenvalue weighted by Crippen LogP contribution is -2.36. The van der Waals surface area contributed by atoms with Crippen LogP contribution in [-0.2, 0) is 4.79 Å². The van der Waals surface area contributed by atoms with Crippen LogP contribution in [0.3, 0.4) is 0 Å².